The Bertz CT molecular complexity index is 533. The highest BCUT2D eigenvalue weighted by Crippen LogP contribution is 2.34. The normalized spacial score (nSPS) is 10.9. The number of carbonyl (C=O) groups is 1. The minimum Gasteiger partial charge on any atom is -0.503 e. The van der Waals surface area contributed by atoms with Crippen molar-refractivity contribution in [2.24, 2.45) is 5.10 Å². The van der Waals surface area contributed by atoms with Crippen LogP contribution in [-0.2, 0) is 4.79 Å². The van der Waals surface area contributed by atoms with Gasteiger partial charge in [-0.3, -0.25) is 4.79 Å². The van der Waals surface area contributed by atoms with Gasteiger partial charge in [0.15, 0.2) is 11.5 Å². The summed E-state index contributed by atoms with van der Waals surface area (Å²) in [4.78, 5) is 11.7. The van der Waals surface area contributed by atoms with E-state index in [4.69, 9.17) is 4.74 Å². The van der Waals surface area contributed by atoms with Gasteiger partial charge in [0, 0.05) is 6.42 Å². The predicted molar refractivity (Wildman–Crippen MR) is 96.1 cm³/mol. The molecule has 1 aromatic carbocycles. The molecule has 0 saturated carbocycles. The molecule has 0 aliphatic carbocycles. The molecule has 0 bridgehead atoms. The van der Waals surface area contributed by atoms with Gasteiger partial charge in [0.25, 0.3) is 0 Å². The number of hydrogen-bond acceptors (Lipinski definition) is 4. The summed E-state index contributed by atoms with van der Waals surface area (Å²) in [5, 5.41) is 13.8. The first-order chi connectivity index (χ1) is 11.1. The van der Waals surface area contributed by atoms with Crippen molar-refractivity contribution in [2.75, 3.05) is 6.61 Å². The number of benzene rings is 1. The largest absolute Gasteiger partial charge is 0.503 e. The second-order valence-corrected chi connectivity index (χ2v) is 6.09. The van der Waals surface area contributed by atoms with Crippen molar-refractivity contribution in [3.63, 3.8) is 0 Å². The molecule has 5 nitrogen and oxygen atoms in total. The van der Waals surface area contributed by atoms with Gasteiger partial charge in [-0.15, -0.1) is 0 Å². The Hall–Kier alpha value is -1.56. The van der Waals surface area contributed by atoms with Crippen LogP contribution >= 0.6 is 15.9 Å². The van der Waals surface area contributed by atoms with Gasteiger partial charge in [0.1, 0.15) is 0 Å². The lowest BCUT2D eigenvalue weighted by Crippen LogP contribution is -2.16. The number of hydrogen-bond donors (Lipinski definition) is 2. The lowest BCUT2D eigenvalue weighted by Gasteiger charge is -2.08. The Morgan fingerprint density at radius 1 is 1.30 bits per heavy atom. The maximum absolute atomic E-state index is 11.7. The third-order valence-corrected chi connectivity index (χ3v) is 3.87. The van der Waals surface area contributed by atoms with Crippen LogP contribution in [-0.4, -0.2) is 23.8 Å². The number of phenols is 1. The molecule has 0 atom stereocenters. The maximum atomic E-state index is 11.7. The summed E-state index contributed by atoms with van der Waals surface area (Å²) in [6.45, 7) is 4.46. The number of phenolic OH excluding ortho intramolecular Hbond substituents is 1. The van der Waals surface area contributed by atoms with Gasteiger partial charge >= 0.3 is 0 Å². The first kappa shape index (κ1) is 19.5. The topological polar surface area (TPSA) is 70.9 Å². The van der Waals surface area contributed by atoms with Crippen LogP contribution in [0.1, 0.15) is 57.9 Å². The molecular formula is C17H25BrN2O3. The van der Waals surface area contributed by atoms with E-state index in [-0.39, 0.29) is 11.7 Å². The fourth-order valence-corrected chi connectivity index (χ4v) is 2.52. The summed E-state index contributed by atoms with van der Waals surface area (Å²) in [5.74, 6) is 0.353. The first-order valence-corrected chi connectivity index (χ1v) is 8.85. The second-order valence-electron chi connectivity index (χ2n) is 5.24. The van der Waals surface area contributed by atoms with Gasteiger partial charge in [0.2, 0.25) is 5.91 Å². The molecular weight excluding hydrogens is 360 g/mol. The van der Waals surface area contributed by atoms with Crippen LogP contribution in [0.25, 0.3) is 0 Å². The summed E-state index contributed by atoms with van der Waals surface area (Å²) in [5.41, 5.74) is 3.24. The Labute approximate surface area is 146 Å². The zero-order chi connectivity index (χ0) is 17.1. The summed E-state index contributed by atoms with van der Waals surface area (Å²) < 4.78 is 5.86. The highest BCUT2D eigenvalue weighted by atomic mass is 79.9. The fraction of sp³-hybridized carbons (Fsp3) is 0.529. The first-order valence-electron chi connectivity index (χ1n) is 8.05. The number of amides is 1. The summed E-state index contributed by atoms with van der Waals surface area (Å²) in [7, 11) is 0. The van der Waals surface area contributed by atoms with Crippen molar-refractivity contribution in [1.29, 1.82) is 0 Å². The van der Waals surface area contributed by atoms with Crippen molar-refractivity contribution in [2.45, 2.75) is 52.4 Å². The number of hydrazone groups is 1. The number of unbranched alkanes of at least 4 members (excludes halogenated alkanes) is 4. The number of ether oxygens (including phenoxy) is 1. The van der Waals surface area contributed by atoms with E-state index < -0.39 is 0 Å². The number of halogens is 1. The minimum absolute atomic E-state index is 0.0557. The molecule has 0 fully saturated rings. The second kappa shape index (κ2) is 11.0. The van der Waals surface area contributed by atoms with Gasteiger partial charge in [0.05, 0.1) is 17.3 Å². The van der Waals surface area contributed by atoms with Crippen molar-refractivity contribution >= 4 is 28.1 Å². The van der Waals surface area contributed by atoms with Crippen LogP contribution in [0, 0.1) is 0 Å². The van der Waals surface area contributed by atoms with E-state index in [9.17, 15) is 9.90 Å². The number of nitrogens with one attached hydrogen (secondary N) is 1. The van der Waals surface area contributed by atoms with E-state index in [2.05, 4.69) is 33.4 Å². The van der Waals surface area contributed by atoms with Crippen molar-refractivity contribution < 1.29 is 14.6 Å². The fourth-order valence-electron chi connectivity index (χ4n) is 2.06. The quantitative estimate of drug-likeness (QED) is 0.357. The van der Waals surface area contributed by atoms with Crippen LogP contribution in [0.3, 0.4) is 0 Å². The van der Waals surface area contributed by atoms with Gasteiger partial charge in [-0.05, 0) is 47.0 Å². The highest BCUT2D eigenvalue weighted by molar-refractivity contribution is 9.10. The zero-order valence-corrected chi connectivity index (χ0v) is 15.4. The number of carbonyl (C=O) groups excluding carboxylic acids is 1. The minimum atomic E-state index is -0.0828. The predicted octanol–water partition coefficient (Wildman–Crippen LogP) is 4.36. The molecule has 0 spiro atoms. The molecule has 0 aliphatic heterocycles. The van der Waals surface area contributed by atoms with Crippen LogP contribution in [0.15, 0.2) is 21.7 Å². The van der Waals surface area contributed by atoms with E-state index in [0.717, 1.165) is 18.4 Å². The van der Waals surface area contributed by atoms with Crippen LogP contribution in [0.2, 0.25) is 0 Å². The molecule has 0 radical (unpaired) electrons. The molecule has 0 saturated heterocycles. The number of aromatic hydroxyl groups is 1. The van der Waals surface area contributed by atoms with E-state index in [1.165, 1.54) is 25.5 Å². The summed E-state index contributed by atoms with van der Waals surface area (Å²) in [6.07, 6.45) is 7.58. The van der Waals surface area contributed by atoms with Crippen LogP contribution in [0.4, 0.5) is 0 Å². The molecule has 23 heavy (non-hydrogen) atoms. The van der Waals surface area contributed by atoms with E-state index in [1.807, 2.05) is 6.92 Å². The van der Waals surface area contributed by atoms with Gasteiger partial charge < -0.3 is 9.84 Å². The number of rotatable bonds is 10. The molecule has 0 aliphatic rings. The maximum Gasteiger partial charge on any atom is 0.240 e. The Balaban J connectivity index is 2.46. The van der Waals surface area contributed by atoms with Crippen molar-refractivity contribution in [3.05, 3.63) is 22.2 Å². The van der Waals surface area contributed by atoms with E-state index >= 15 is 0 Å². The standard InChI is InChI=1S/C17H25BrN2O3/c1-3-5-6-7-8-9-16(21)20-19-12-13-10-14(18)17(22)15(11-13)23-4-2/h10-12,22H,3-9H2,1-2H3,(H,20,21)/b19-12+. The molecule has 0 aromatic heterocycles. The van der Waals surface area contributed by atoms with E-state index in [0.29, 0.717) is 23.2 Å². The Kier molecular flexibility index (Phi) is 9.36. The molecule has 1 rings (SSSR count). The SMILES string of the molecule is CCCCCCCC(=O)N/N=C/c1cc(Br)c(O)c(OCC)c1. The molecule has 6 heteroatoms. The van der Waals surface area contributed by atoms with Crippen LogP contribution < -0.4 is 10.2 Å². The average molecular weight is 385 g/mol. The molecule has 128 valence electrons. The number of nitrogens with zero attached hydrogens (tertiary/aromatic N) is 1. The lowest BCUT2D eigenvalue weighted by atomic mass is 10.1. The van der Waals surface area contributed by atoms with E-state index in [1.54, 1.807) is 12.1 Å². The Morgan fingerprint density at radius 2 is 2.04 bits per heavy atom. The molecule has 0 heterocycles. The average Bonchev–Trinajstić information content (AvgIpc) is 2.52. The summed E-state index contributed by atoms with van der Waals surface area (Å²) in [6, 6.07) is 3.38. The lowest BCUT2D eigenvalue weighted by molar-refractivity contribution is -0.121. The molecule has 2 N–H and O–H groups in total. The third kappa shape index (κ3) is 7.50. The monoisotopic (exact) mass is 384 g/mol. The van der Waals surface area contributed by atoms with Gasteiger partial charge in [-0.1, -0.05) is 32.6 Å². The summed E-state index contributed by atoms with van der Waals surface area (Å²) >= 11 is 3.26. The molecule has 1 amide bonds. The van der Waals surface area contributed by atoms with Crippen molar-refractivity contribution in [1.82, 2.24) is 5.43 Å². The molecule has 1 aromatic rings. The van der Waals surface area contributed by atoms with Crippen LogP contribution in [0.5, 0.6) is 11.5 Å². The molecule has 0 unspecified atom stereocenters. The van der Waals surface area contributed by atoms with Gasteiger partial charge in [-0.25, -0.2) is 5.43 Å². The third-order valence-electron chi connectivity index (χ3n) is 3.26. The van der Waals surface area contributed by atoms with Crippen molar-refractivity contribution in [3.8, 4) is 11.5 Å². The highest BCUT2D eigenvalue weighted by Gasteiger charge is 2.08. The Morgan fingerprint density at radius 3 is 2.74 bits per heavy atom. The smallest absolute Gasteiger partial charge is 0.240 e. The zero-order valence-electron chi connectivity index (χ0n) is 13.8. The van der Waals surface area contributed by atoms with Gasteiger partial charge in [-0.2, -0.15) is 5.10 Å².